The van der Waals surface area contributed by atoms with Crippen molar-refractivity contribution in [3.63, 3.8) is 0 Å². The summed E-state index contributed by atoms with van der Waals surface area (Å²) in [7, 11) is 1.68. The number of fused-ring (bicyclic) bond motifs is 1. The number of hydrogen-bond donors (Lipinski definition) is 1. The van der Waals surface area contributed by atoms with Gasteiger partial charge in [0.05, 0.1) is 12.8 Å². The van der Waals surface area contributed by atoms with E-state index >= 15 is 0 Å². The first kappa shape index (κ1) is 14.3. The topological polar surface area (TPSA) is 64.9 Å². The molecule has 3 aromatic rings. The van der Waals surface area contributed by atoms with E-state index in [2.05, 4.69) is 27.3 Å². The number of ether oxygens (including phenoxy) is 1. The molecule has 0 aliphatic heterocycles. The number of para-hydroxylation sites is 1. The second-order valence-corrected chi connectivity index (χ2v) is 4.99. The number of aryl methyl sites for hydroxylation is 2. The lowest BCUT2D eigenvalue weighted by atomic mass is 10.2. The Labute approximate surface area is 129 Å². The van der Waals surface area contributed by atoms with Crippen LogP contribution in [0, 0.1) is 6.92 Å². The second-order valence-electron chi connectivity index (χ2n) is 4.99. The molecule has 0 bridgehead atoms. The highest BCUT2D eigenvalue weighted by atomic mass is 16.5. The summed E-state index contributed by atoms with van der Waals surface area (Å²) in [4.78, 5) is 8.72. The smallest absolute Gasteiger partial charge is 0.155 e. The summed E-state index contributed by atoms with van der Waals surface area (Å²) in [6, 6.07) is 7.94. The molecule has 0 unspecified atom stereocenters. The van der Waals surface area contributed by atoms with Crippen LogP contribution < -0.4 is 10.1 Å². The average Bonchev–Trinajstić information content (AvgIpc) is 2.90. The van der Waals surface area contributed by atoms with Crippen molar-refractivity contribution in [1.82, 2.24) is 19.7 Å². The Hall–Kier alpha value is -2.63. The fourth-order valence-corrected chi connectivity index (χ4v) is 2.55. The lowest BCUT2D eigenvalue weighted by Crippen LogP contribution is -2.06. The molecule has 1 aromatic carbocycles. The van der Waals surface area contributed by atoms with Crippen molar-refractivity contribution in [2.45, 2.75) is 26.9 Å². The molecule has 0 fully saturated rings. The van der Waals surface area contributed by atoms with E-state index in [-0.39, 0.29) is 0 Å². The van der Waals surface area contributed by atoms with E-state index in [9.17, 15) is 0 Å². The van der Waals surface area contributed by atoms with Crippen LogP contribution >= 0.6 is 0 Å². The summed E-state index contributed by atoms with van der Waals surface area (Å²) in [5, 5.41) is 7.88. The van der Waals surface area contributed by atoms with Crippen molar-refractivity contribution in [3.05, 3.63) is 41.9 Å². The molecule has 1 N–H and O–H groups in total. The third kappa shape index (κ3) is 2.47. The second kappa shape index (κ2) is 6.01. The number of nitrogens with one attached hydrogen (secondary N) is 1. The van der Waals surface area contributed by atoms with Gasteiger partial charge in [-0.1, -0.05) is 18.2 Å². The van der Waals surface area contributed by atoms with Crippen molar-refractivity contribution >= 4 is 16.9 Å². The summed E-state index contributed by atoms with van der Waals surface area (Å²) < 4.78 is 7.31. The molecule has 6 nitrogen and oxygen atoms in total. The zero-order valence-corrected chi connectivity index (χ0v) is 13.0. The zero-order valence-electron chi connectivity index (χ0n) is 13.0. The lowest BCUT2D eigenvalue weighted by molar-refractivity contribution is 0.410. The Bertz CT molecular complexity index is 796. The number of methoxy groups -OCH3 is 1. The van der Waals surface area contributed by atoms with Crippen LogP contribution in [0.3, 0.4) is 0 Å². The number of aromatic nitrogens is 4. The van der Waals surface area contributed by atoms with Crippen LogP contribution in [0.5, 0.6) is 5.75 Å². The number of rotatable bonds is 5. The minimum atomic E-state index is 0.629. The van der Waals surface area contributed by atoms with Crippen molar-refractivity contribution in [1.29, 1.82) is 0 Å². The van der Waals surface area contributed by atoms with Gasteiger partial charge in [0, 0.05) is 18.7 Å². The van der Waals surface area contributed by atoms with E-state index in [1.165, 1.54) is 0 Å². The molecule has 0 spiro atoms. The van der Waals surface area contributed by atoms with E-state index in [1.54, 1.807) is 13.4 Å². The SMILES string of the molecule is CCn1nc(C)c2ncnc(NCc3ccccc3OC)c21. The highest BCUT2D eigenvalue weighted by Gasteiger charge is 2.13. The van der Waals surface area contributed by atoms with Gasteiger partial charge in [-0.15, -0.1) is 0 Å². The van der Waals surface area contributed by atoms with E-state index in [1.807, 2.05) is 35.9 Å². The largest absolute Gasteiger partial charge is 0.496 e. The van der Waals surface area contributed by atoms with Gasteiger partial charge in [-0.2, -0.15) is 5.10 Å². The molecule has 6 heteroatoms. The Morgan fingerprint density at radius 2 is 2.05 bits per heavy atom. The fourth-order valence-electron chi connectivity index (χ4n) is 2.55. The molecule has 0 atom stereocenters. The first-order valence-electron chi connectivity index (χ1n) is 7.28. The minimum Gasteiger partial charge on any atom is -0.496 e. The van der Waals surface area contributed by atoms with Crippen LogP contribution in [0.15, 0.2) is 30.6 Å². The minimum absolute atomic E-state index is 0.629. The zero-order chi connectivity index (χ0) is 15.5. The molecule has 0 radical (unpaired) electrons. The molecular weight excluding hydrogens is 278 g/mol. The Morgan fingerprint density at radius 3 is 2.82 bits per heavy atom. The monoisotopic (exact) mass is 297 g/mol. The standard InChI is InChI=1S/C16H19N5O/c1-4-21-15-14(11(2)20-21)18-10-19-16(15)17-9-12-7-5-6-8-13(12)22-3/h5-8,10H,4,9H2,1-3H3,(H,17,18,19). The van der Waals surface area contributed by atoms with Gasteiger partial charge in [0.15, 0.2) is 5.82 Å². The van der Waals surface area contributed by atoms with Crippen LogP contribution in [-0.2, 0) is 13.1 Å². The first-order chi connectivity index (χ1) is 10.7. The predicted molar refractivity (Wildman–Crippen MR) is 86.1 cm³/mol. The lowest BCUT2D eigenvalue weighted by Gasteiger charge is -2.11. The predicted octanol–water partition coefficient (Wildman–Crippen LogP) is 2.78. The number of benzene rings is 1. The molecule has 0 aliphatic rings. The maximum atomic E-state index is 5.38. The number of nitrogens with zero attached hydrogens (tertiary/aromatic N) is 4. The third-order valence-electron chi connectivity index (χ3n) is 3.63. The fraction of sp³-hybridized carbons (Fsp3) is 0.312. The van der Waals surface area contributed by atoms with E-state index in [0.717, 1.165) is 40.4 Å². The quantitative estimate of drug-likeness (QED) is 0.784. The molecule has 3 rings (SSSR count). The average molecular weight is 297 g/mol. The summed E-state index contributed by atoms with van der Waals surface area (Å²) in [5.41, 5.74) is 3.83. The maximum absolute atomic E-state index is 5.38. The highest BCUT2D eigenvalue weighted by molar-refractivity contribution is 5.87. The molecule has 0 aliphatic carbocycles. The van der Waals surface area contributed by atoms with Crippen molar-refractivity contribution in [3.8, 4) is 5.75 Å². The summed E-state index contributed by atoms with van der Waals surface area (Å²) in [6.07, 6.45) is 1.57. The molecule has 0 saturated carbocycles. The Balaban J connectivity index is 1.94. The van der Waals surface area contributed by atoms with Gasteiger partial charge in [-0.25, -0.2) is 9.97 Å². The Kier molecular flexibility index (Phi) is 3.91. The van der Waals surface area contributed by atoms with Crippen molar-refractivity contribution in [2.24, 2.45) is 0 Å². The van der Waals surface area contributed by atoms with Gasteiger partial charge in [0.1, 0.15) is 23.1 Å². The van der Waals surface area contributed by atoms with E-state index in [0.29, 0.717) is 6.54 Å². The summed E-state index contributed by atoms with van der Waals surface area (Å²) in [5.74, 6) is 1.65. The molecule has 2 heterocycles. The maximum Gasteiger partial charge on any atom is 0.155 e. The molecule has 22 heavy (non-hydrogen) atoms. The molecule has 2 aromatic heterocycles. The summed E-state index contributed by atoms with van der Waals surface area (Å²) in [6.45, 7) is 5.43. The normalized spacial score (nSPS) is 10.9. The molecule has 114 valence electrons. The highest BCUT2D eigenvalue weighted by Crippen LogP contribution is 2.24. The van der Waals surface area contributed by atoms with Crippen LogP contribution in [0.25, 0.3) is 11.0 Å². The molecular formula is C16H19N5O. The van der Waals surface area contributed by atoms with Gasteiger partial charge in [0.25, 0.3) is 0 Å². The molecule has 0 saturated heterocycles. The van der Waals surface area contributed by atoms with Gasteiger partial charge < -0.3 is 10.1 Å². The van der Waals surface area contributed by atoms with Crippen molar-refractivity contribution < 1.29 is 4.74 Å². The van der Waals surface area contributed by atoms with Gasteiger partial charge in [-0.05, 0) is 19.9 Å². The van der Waals surface area contributed by atoms with Gasteiger partial charge in [-0.3, -0.25) is 4.68 Å². The van der Waals surface area contributed by atoms with E-state index in [4.69, 9.17) is 4.74 Å². The van der Waals surface area contributed by atoms with Gasteiger partial charge in [0.2, 0.25) is 0 Å². The van der Waals surface area contributed by atoms with Crippen LogP contribution in [-0.4, -0.2) is 26.9 Å². The van der Waals surface area contributed by atoms with Crippen LogP contribution in [0.1, 0.15) is 18.2 Å². The summed E-state index contributed by atoms with van der Waals surface area (Å²) >= 11 is 0. The first-order valence-corrected chi connectivity index (χ1v) is 7.28. The number of anilines is 1. The third-order valence-corrected chi connectivity index (χ3v) is 3.63. The Morgan fingerprint density at radius 1 is 1.23 bits per heavy atom. The van der Waals surface area contributed by atoms with Gasteiger partial charge >= 0.3 is 0 Å². The van der Waals surface area contributed by atoms with Crippen LogP contribution in [0.4, 0.5) is 5.82 Å². The van der Waals surface area contributed by atoms with Crippen molar-refractivity contribution in [2.75, 3.05) is 12.4 Å². The number of hydrogen-bond acceptors (Lipinski definition) is 5. The molecule has 0 amide bonds. The van der Waals surface area contributed by atoms with Crippen LogP contribution in [0.2, 0.25) is 0 Å². The van der Waals surface area contributed by atoms with E-state index < -0.39 is 0 Å².